The number of hydrogen-bond acceptors (Lipinski definition) is 2. The lowest BCUT2D eigenvalue weighted by molar-refractivity contribution is -0.133. The highest BCUT2D eigenvalue weighted by atomic mass is 19.1. The van der Waals surface area contributed by atoms with Crippen LogP contribution in [-0.4, -0.2) is 48.9 Å². The van der Waals surface area contributed by atoms with E-state index < -0.39 is 5.41 Å². The monoisotopic (exact) mass is 290 g/mol. The molecular weight excluding hydrogens is 267 g/mol. The summed E-state index contributed by atoms with van der Waals surface area (Å²) in [5.41, 5.74) is 0.386. The van der Waals surface area contributed by atoms with Crippen LogP contribution in [0.2, 0.25) is 0 Å². The van der Waals surface area contributed by atoms with Crippen molar-refractivity contribution < 1.29 is 9.18 Å². The predicted molar refractivity (Wildman–Crippen MR) is 80.5 cm³/mol. The maximum absolute atomic E-state index is 13.5. The van der Waals surface area contributed by atoms with Crippen molar-refractivity contribution in [2.45, 2.75) is 31.2 Å². The van der Waals surface area contributed by atoms with E-state index in [1.165, 1.54) is 12.1 Å². The minimum absolute atomic E-state index is 0.185. The molecule has 1 aliphatic carbocycles. The summed E-state index contributed by atoms with van der Waals surface area (Å²) < 4.78 is 13.5. The molecule has 0 spiro atoms. The summed E-state index contributed by atoms with van der Waals surface area (Å²) >= 11 is 0. The van der Waals surface area contributed by atoms with E-state index in [9.17, 15) is 9.18 Å². The van der Waals surface area contributed by atoms with Gasteiger partial charge in [-0.05, 0) is 50.6 Å². The molecule has 1 saturated carbocycles. The van der Waals surface area contributed by atoms with Gasteiger partial charge < -0.3 is 9.80 Å². The molecule has 1 aromatic rings. The van der Waals surface area contributed by atoms with Crippen molar-refractivity contribution in [2.75, 3.05) is 27.2 Å². The van der Waals surface area contributed by atoms with Crippen LogP contribution in [0.25, 0.3) is 0 Å². The van der Waals surface area contributed by atoms with E-state index in [0.717, 1.165) is 31.5 Å². The first-order valence-corrected chi connectivity index (χ1v) is 7.66. The fraction of sp³-hybridized carbons (Fsp3) is 0.588. The zero-order valence-electron chi connectivity index (χ0n) is 13.0. The maximum atomic E-state index is 13.5. The van der Waals surface area contributed by atoms with Gasteiger partial charge in [0.1, 0.15) is 5.82 Å². The summed E-state index contributed by atoms with van der Waals surface area (Å²) in [6.45, 7) is 3.78. The van der Waals surface area contributed by atoms with Crippen molar-refractivity contribution in [3.05, 3.63) is 35.6 Å². The lowest BCUT2D eigenvalue weighted by Gasteiger charge is -2.25. The first-order chi connectivity index (χ1) is 9.94. The van der Waals surface area contributed by atoms with Crippen molar-refractivity contribution in [3.63, 3.8) is 0 Å². The van der Waals surface area contributed by atoms with Crippen molar-refractivity contribution in [2.24, 2.45) is 5.92 Å². The molecule has 2 fully saturated rings. The van der Waals surface area contributed by atoms with E-state index in [1.54, 1.807) is 6.07 Å². The van der Waals surface area contributed by atoms with Crippen molar-refractivity contribution in [3.8, 4) is 0 Å². The largest absolute Gasteiger partial charge is 0.340 e. The Labute approximate surface area is 125 Å². The molecule has 1 heterocycles. The second-order valence-corrected chi connectivity index (χ2v) is 6.81. The third kappa shape index (κ3) is 2.46. The molecule has 1 saturated heterocycles. The van der Waals surface area contributed by atoms with Gasteiger partial charge in [-0.3, -0.25) is 4.79 Å². The number of hydrogen-bond donors (Lipinski definition) is 0. The molecular formula is C17H23FN2O. The normalized spacial score (nSPS) is 27.2. The number of carbonyl (C=O) groups excluding carboxylic acids is 1. The summed E-state index contributed by atoms with van der Waals surface area (Å²) in [7, 11) is 4.13. The van der Waals surface area contributed by atoms with Crippen LogP contribution in [-0.2, 0) is 10.2 Å². The smallest absolute Gasteiger partial charge is 0.233 e. The molecule has 1 aromatic carbocycles. The van der Waals surface area contributed by atoms with Gasteiger partial charge >= 0.3 is 0 Å². The third-order valence-electron chi connectivity index (χ3n) is 5.06. The third-order valence-corrected chi connectivity index (χ3v) is 5.06. The Morgan fingerprint density at radius 1 is 1.33 bits per heavy atom. The van der Waals surface area contributed by atoms with Gasteiger partial charge in [0.05, 0.1) is 5.41 Å². The number of nitrogens with zero attached hydrogens (tertiary/aromatic N) is 2. The highest BCUT2D eigenvalue weighted by Crippen LogP contribution is 2.50. The molecule has 4 heteroatoms. The number of carbonyl (C=O) groups is 1. The van der Waals surface area contributed by atoms with Crippen LogP contribution >= 0.6 is 0 Å². The number of benzene rings is 1. The zero-order valence-corrected chi connectivity index (χ0v) is 13.0. The van der Waals surface area contributed by atoms with E-state index in [0.29, 0.717) is 12.0 Å². The molecule has 1 aliphatic heterocycles. The molecule has 0 bridgehead atoms. The first-order valence-electron chi connectivity index (χ1n) is 7.66. The van der Waals surface area contributed by atoms with Crippen LogP contribution in [0.15, 0.2) is 24.3 Å². The highest BCUT2D eigenvalue weighted by Gasteiger charge is 2.54. The van der Waals surface area contributed by atoms with E-state index in [2.05, 4.69) is 25.9 Å². The van der Waals surface area contributed by atoms with E-state index in [1.807, 2.05) is 11.0 Å². The molecule has 1 amide bonds. The average molecular weight is 290 g/mol. The van der Waals surface area contributed by atoms with Gasteiger partial charge in [-0.1, -0.05) is 19.1 Å². The average Bonchev–Trinajstić information content (AvgIpc) is 3.15. The lowest BCUT2D eigenvalue weighted by atomic mass is 9.94. The Kier molecular flexibility index (Phi) is 3.52. The lowest BCUT2D eigenvalue weighted by Crippen LogP contribution is -2.40. The minimum atomic E-state index is -0.455. The van der Waals surface area contributed by atoms with E-state index in [-0.39, 0.29) is 11.7 Å². The van der Waals surface area contributed by atoms with Gasteiger partial charge in [0.25, 0.3) is 0 Å². The standard InChI is InChI=1S/C17H23FN2O/c1-12-10-20(11-15(12)19(2)3)16(21)17(7-8-17)13-5-4-6-14(18)9-13/h4-6,9,12,15H,7-8,10-11H2,1-3H3. The fourth-order valence-corrected chi connectivity index (χ4v) is 3.63. The molecule has 2 atom stereocenters. The van der Waals surface area contributed by atoms with Gasteiger partial charge in [0, 0.05) is 19.1 Å². The molecule has 2 aliphatic rings. The van der Waals surface area contributed by atoms with Crippen LogP contribution in [0.4, 0.5) is 4.39 Å². The Bertz CT molecular complexity index is 553. The number of likely N-dealkylation sites (tertiary alicyclic amines) is 1. The van der Waals surface area contributed by atoms with Crippen molar-refractivity contribution >= 4 is 5.91 Å². The summed E-state index contributed by atoms with van der Waals surface area (Å²) in [6.07, 6.45) is 1.68. The Morgan fingerprint density at radius 3 is 2.57 bits per heavy atom. The van der Waals surface area contributed by atoms with Gasteiger partial charge in [-0.15, -0.1) is 0 Å². The molecule has 3 rings (SSSR count). The van der Waals surface area contributed by atoms with Gasteiger partial charge in [0.15, 0.2) is 0 Å². The number of halogens is 1. The zero-order chi connectivity index (χ0) is 15.2. The molecule has 114 valence electrons. The van der Waals surface area contributed by atoms with Crippen LogP contribution < -0.4 is 0 Å². The molecule has 0 aromatic heterocycles. The molecule has 0 radical (unpaired) electrons. The highest BCUT2D eigenvalue weighted by molar-refractivity contribution is 5.91. The second kappa shape index (κ2) is 5.09. The number of likely N-dealkylation sites (N-methyl/N-ethyl adjacent to an activating group) is 1. The van der Waals surface area contributed by atoms with Gasteiger partial charge in [0.2, 0.25) is 5.91 Å². The van der Waals surface area contributed by atoms with Gasteiger partial charge in [-0.2, -0.15) is 0 Å². The van der Waals surface area contributed by atoms with Crippen LogP contribution in [0.3, 0.4) is 0 Å². The summed E-state index contributed by atoms with van der Waals surface area (Å²) in [5.74, 6) is 0.407. The Morgan fingerprint density at radius 2 is 2.05 bits per heavy atom. The van der Waals surface area contributed by atoms with Gasteiger partial charge in [-0.25, -0.2) is 4.39 Å². The van der Waals surface area contributed by atoms with E-state index >= 15 is 0 Å². The molecule has 21 heavy (non-hydrogen) atoms. The quantitative estimate of drug-likeness (QED) is 0.852. The minimum Gasteiger partial charge on any atom is -0.340 e. The number of amides is 1. The van der Waals surface area contributed by atoms with Crippen molar-refractivity contribution in [1.29, 1.82) is 0 Å². The van der Waals surface area contributed by atoms with Crippen LogP contribution in [0.5, 0.6) is 0 Å². The Hall–Kier alpha value is -1.42. The van der Waals surface area contributed by atoms with Crippen molar-refractivity contribution in [1.82, 2.24) is 9.80 Å². The van der Waals surface area contributed by atoms with Crippen LogP contribution in [0, 0.1) is 11.7 Å². The maximum Gasteiger partial charge on any atom is 0.233 e. The molecule has 0 N–H and O–H groups in total. The summed E-state index contributed by atoms with van der Waals surface area (Å²) in [6, 6.07) is 6.96. The molecule has 2 unspecified atom stereocenters. The first kappa shape index (κ1) is 14.5. The summed E-state index contributed by atoms with van der Waals surface area (Å²) in [4.78, 5) is 17.1. The number of rotatable bonds is 3. The van der Waals surface area contributed by atoms with Crippen LogP contribution in [0.1, 0.15) is 25.3 Å². The Balaban J connectivity index is 1.80. The fourth-order valence-electron chi connectivity index (χ4n) is 3.63. The topological polar surface area (TPSA) is 23.6 Å². The predicted octanol–water partition coefficient (Wildman–Crippen LogP) is 2.27. The van der Waals surface area contributed by atoms with E-state index in [4.69, 9.17) is 0 Å². The summed E-state index contributed by atoms with van der Waals surface area (Å²) in [5, 5.41) is 0. The molecule has 3 nitrogen and oxygen atoms in total. The SMILES string of the molecule is CC1CN(C(=O)C2(c3cccc(F)c3)CC2)CC1N(C)C. The second-order valence-electron chi connectivity index (χ2n) is 6.81.